The highest BCUT2D eigenvalue weighted by molar-refractivity contribution is 6.30. The van der Waals surface area contributed by atoms with Gasteiger partial charge in [-0.3, -0.25) is 4.79 Å². The van der Waals surface area contributed by atoms with E-state index >= 15 is 0 Å². The van der Waals surface area contributed by atoms with Crippen LogP contribution in [-0.4, -0.2) is 30.4 Å². The first-order chi connectivity index (χ1) is 11.0. The number of likely N-dealkylation sites (tertiary alicyclic amines) is 1. The summed E-state index contributed by atoms with van der Waals surface area (Å²) >= 11 is 6.05. The summed E-state index contributed by atoms with van der Waals surface area (Å²) < 4.78 is 0. The molecular weight excluding hydrogens is 308 g/mol. The van der Waals surface area contributed by atoms with Crippen molar-refractivity contribution in [3.05, 3.63) is 34.9 Å². The summed E-state index contributed by atoms with van der Waals surface area (Å²) in [5.74, 6) is 0.302. The maximum absolute atomic E-state index is 13.5. The maximum atomic E-state index is 13.5. The summed E-state index contributed by atoms with van der Waals surface area (Å²) in [5, 5.41) is 0.726. The molecule has 0 bridgehead atoms. The lowest BCUT2D eigenvalue weighted by atomic mass is 9.68. The monoisotopic (exact) mass is 334 g/mol. The van der Waals surface area contributed by atoms with Crippen LogP contribution in [0.1, 0.15) is 51.0 Å². The largest absolute Gasteiger partial charge is 0.341 e. The van der Waals surface area contributed by atoms with E-state index < -0.39 is 0 Å². The van der Waals surface area contributed by atoms with Gasteiger partial charge in [-0.05, 0) is 48.9 Å². The molecule has 0 aromatic heterocycles. The van der Waals surface area contributed by atoms with E-state index in [4.69, 9.17) is 17.3 Å². The molecule has 2 aliphatic rings. The van der Waals surface area contributed by atoms with Crippen LogP contribution >= 0.6 is 11.6 Å². The van der Waals surface area contributed by atoms with E-state index in [0.29, 0.717) is 12.5 Å². The van der Waals surface area contributed by atoms with Crippen LogP contribution < -0.4 is 5.73 Å². The van der Waals surface area contributed by atoms with Gasteiger partial charge in [0, 0.05) is 18.1 Å². The zero-order chi connectivity index (χ0) is 16.5. The van der Waals surface area contributed by atoms with Gasteiger partial charge in [0.05, 0.1) is 5.41 Å². The fraction of sp³-hybridized carbons (Fsp3) is 0.632. The van der Waals surface area contributed by atoms with Crippen molar-refractivity contribution in [2.24, 2.45) is 11.1 Å². The van der Waals surface area contributed by atoms with Gasteiger partial charge in [-0.2, -0.15) is 0 Å². The molecule has 0 spiro atoms. The number of hydrogen-bond donors (Lipinski definition) is 1. The number of carbonyl (C=O) groups excluding carboxylic acids is 1. The van der Waals surface area contributed by atoms with E-state index in [1.54, 1.807) is 0 Å². The number of benzene rings is 1. The maximum Gasteiger partial charge on any atom is 0.233 e. The van der Waals surface area contributed by atoms with E-state index in [-0.39, 0.29) is 10.8 Å². The molecular formula is C19H27ClN2O. The Morgan fingerprint density at radius 1 is 1.17 bits per heavy atom. The van der Waals surface area contributed by atoms with Crippen LogP contribution in [0.15, 0.2) is 24.3 Å². The standard InChI is InChI=1S/C19H27ClN2O/c1-18(13-21)11-12-22(14-18)17(23)19(9-3-2-4-10-19)15-5-7-16(20)8-6-15/h5-8H,2-4,9-14,21H2,1H3. The van der Waals surface area contributed by atoms with Crippen LogP contribution in [0.25, 0.3) is 0 Å². The van der Waals surface area contributed by atoms with Gasteiger partial charge in [-0.25, -0.2) is 0 Å². The highest BCUT2D eigenvalue weighted by Crippen LogP contribution is 2.43. The summed E-state index contributed by atoms with van der Waals surface area (Å²) in [6.07, 6.45) is 6.37. The molecule has 1 atom stereocenters. The number of rotatable bonds is 3. The molecule has 2 N–H and O–H groups in total. The van der Waals surface area contributed by atoms with Gasteiger partial charge < -0.3 is 10.6 Å². The van der Waals surface area contributed by atoms with Gasteiger partial charge in [0.2, 0.25) is 5.91 Å². The van der Waals surface area contributed by atoms with Crippen molar-refractivity contribution in [2.75, 3.05) is 19.6 Å². The second-order valence-corrected chi connectivity index (χ2v) is 8.08. The molecule has 2 fully saturated rings. The van der Waals surface area contributed by atoms with E-state index in [1.165, 1.54) is 6.42 Å². The van der Waals surface area contributed by atoms with E-state index in [2.05, 4.69) is 11.8 Å². The molecule has 3 rings (SSSR count). The minimum atomic E-state index is -0.358. The normalized spacial score (nSPS) is 27.2. The Bertz CT molecular complexity index is 565. The molecule has 1 amide bonds. The Morgan fingerprint density at radius 2 is 1.83 bits per heavy atom. The number of amides is 1. The summed E-state index contributed by atoms with van der Waals surface area (Å²) in [5.41, 5.74) is 6.77. The molecule has 1 unspecified atom stereocenters. The highest BCUT2D eigenvalue weighted by atomic mass is 35.5. The molecule has 1 saturated carbocycles. The van der Waals surface area contributed by atoms with Crippen LogP contribution in [0, 0.1) is 5.41 Å². The van der Waals surface area contributed by atoms with Gasteiger partial charge in [0.25, 0.3) is 0 Å². The lowest BCUT2D eigenvalue weighted by Crippen LogP contribution is -2.48. The molecule has 23 heavy (non-hydrogen) atoms. The first kappa shape index (κ1) is 16.8. The number of hydrogen-bond acceptors (Lipinski definition) is 2. The first-order valence-corrected chi connectivity index (χ1v) is 9.12. The van der Waals surface area contributed by atoms with Crippen molar-refractivity contribution < 1.29 is 4.79 Å². The molecule has 0 radical (unpaired) electrons. The van der Waals surface area contributed by atoms with Gasteiger partial charge in [-0.1, -0.05) is 49.9 Å². The topological polar surface area (TPSA) is 46.3 Å². The smallest absolute Gasteiger partial charge is 0.233 e. The Labute approximate surface area is 144 Å². The zero-order valence-electron chi connectivity index (χ0n) is 14.0. The van der Waals surface area contributed by atoms with E-state index in [0.717, 1.165) is 55.8 Å². The third kappa shape index (κ3) is 3.14. The Hall–Kier alpha value is -1.06. The van der Waals surface area contributed by atoms with Crippen LogP contribution in [0.3, 0.4) is 0 Å². The van der Waals surface area contributed by atoms with Gasteiger partial charge >= 0.3 is 0 Å². The summed E-state index contributed by atoms with van der Waals surface area (Å²) in [6, 6.07) is 7.91. The predicted octanol–water partition coefficient (Wildman–Crippen LogP) is 3.74. The van der Waals surface area contributed by atoms with Gasteiger partial charge in [0.1, 0.15) is 0 Å². The summed E-state index contributed by atoms with van der Waals surface area (Å²) in [4.78, 5) is 15.5. The first-order valence-electron chi connectivity index (χ1n) is 8.75. The van der Waals surface area contributed by atoms with Crippen molar-refractivity contribution in [1.29, 1.82) is 0 Å². The van der Waals surface area contributed by atoms with E-state index in [9.17, 15) is 4.79 Å². The fourth-order valence-corrected chi connectivity index (χ4v) is 4.34. The molecule has 1 aliphatic carbocycles. The van der Waals surface area contributed by atoms with Crippen molar-refractivity contribution in [3.8, 4) is 0 Å². The highest BCUT2D eigenvalue weighted by Gasteiger charge is 2.46. The average Bonchev–Trinajstić information content (AvgIpc) is 2.98. The molecule has 1 aliphatic heterocycles. The number of nitrogens with zero attached hydrogens (tertiary/aromatic N) is 1. The zero-order valence-corrected chi connectivity index (χ0v) is 14.7. The predicted molar refractivity (Wildman–Crippen MR) is 94.6 cm³/mol. The minimum absolute atomic E-state index is 0.0749. The third-order valence-corrected chi connectivity index (χ3v) is 6.10. The molecule has 1 aromatic carbocycles. The van der Waals surface area contributed by atoms with Crippen LogP contribution in [0.5, 0.6) is 0 Å². The Balaban J connectivity index is 1.90. The molecule has 1 heterocycles. The molecule has 3 nitrogen and oxygen atoms in total. The number of halogens is 1. The van der Waals surface area contributed by atoms with Gasteiger partial charge in [0.15, 0.2) is 0 Å². The molecule has 4 heteroatoms. The van der Waals surface area contributed by atoms with Crippen molar-refractivity contribution >= 4 is 17.5 Å². The molecule has 126 valence electrons. The summed E-state index contributed by atoms with van der Waals surface area (Å²) in [6.45, 7) is 4.46. The lowest BCUT2D eigenvalue weighted by molar-refractivity contribution is -0.138. The third-order valence-electron chi connectivity index (χ3n) is 5.85. The van der Waals surface area contributed by atoms with Crippen LogP contribution in [0.4, 0.5) is 0 Å². The average molecular weight is 335 g/mol. The van der Waals surface area contributed by atoms with E-state index in [1.807, 2.05) is 24.3 Å². The molecule has 1 saturated heterocycles. The van der Waals surface area contributed by atoms with Crippen molar-refractivity contribution in [2.45, 2.75) is 50.9 Å². The quantitative estimate of drug-likeness (QED) is 0.915. The molecule has 1 aromatic rings. The van der Waals surface area contributed by atoms with Gasteiger partial charge in [-0.15, -0.1) is 0 Å². The Morgan fingerprint density at radius 3 is 2.39 bits per heavy atom. The van der Waals surface area contributed by atoms with Crippen molar-refractivity contribution in [1.82, 2.24) is 4.90 Å². The second kappa shape index (κ2) is 6.45. The Kier molecular flexibility index (Phi) is 4.70. The number of nitrogens with two attached hydrogens (primary N) is 1. The second-order valence-electron chi connectivity index (χ2n) is 7.64. The van der Waals surface area contributed by atoms with Crippen LogP contribution in [0.2, 0.25) is 5.02 Å². The lowest BCUT2D eigenvalue weighted by Gasteiger charge is -2.39. The number of carbonyl (C=O) groups is 1. The minimum Gasteiger partial charge on any atom is -0.341 e. The van der Waals surface area contributed by atoms with Crippen molar-refractivity contribution in [3.63, 3.8) is 0 Å². The van der Waals surface area contributed by atoms with Crippen LogP contribution in [-0.2, 0) is 10.2 Å². The summed E-state index contributed by atoms with van der Waals surface area (Å²) in [7, 11) is 0. The SMILES string of the molecule is CC1(CN)CCN(C(=O)C2(c3ccc(Cl)cc3)CCCCC2)C1. The fourth-order valence-electron chi connectivity index (χ4n) is 4.22.